The molecule has 4 aliphatic rings. The number of halogens is 12. The van der Waals surface area contributed by atoms with Gasteiger partial charge in [-0.3, -0.25) is 58.1 Å². The molecule has 4 heterocycles. The number of esters is 1. The summed E-state index contributed by atoms with van der Waals surface area (Å²) in [5.41, 5.74) is 11.4. The zero-order chi connectivity index (χ0) is 100. The van der Waals surface area contributed by atoms with Crippen molar-refractivity contribution in [2.45, 2.75) is 55.4 Å². The third-order valence-corrected chi connectivity index (χ3v) is 24.7. The molecule has 0 atom stereocenters. The number of carbonyl (C=O) groups excluding carboxylic acids is 7. The fourth-order valence-electron chi connectivity index (χ4n) is 12.1. The predicted octanol–water partition coefficient (Wildman–Crippen LogP) is 18.4. The zero-order valence-electron chi connectivity index (χ0n) is 79.3. The number of hydrogen-bond donors (Lipinski definition) is 8. The van der Waals surface area contributed by atoms with Crippen LogP contribution in [-0.4, -0.2) is 301 Å². The maximum Gasteiger partial charge on any atom is 0.325 e. The van der Waals surface area contributed by atoms with Gasteiger partial charge in [0.2, 0.25) is 35.4 Å². The highest BCUT2D eigenvalue weighted by Crippen LogP contribution is 2.33. The van der Waals surface area contributed by atoms with Gasteiger partial charge in [0.25, 0.3) is 0 Å². The molecule has 8 N–H and O–H groups in total. The number of morpholine rings is 2. The Kier molecular flexibility index (Phi) is 55.1. The Balaban J connectivity index is 0.000000273. The van der Waals surface area contributed by atoms with Crippen molar-refractivity contribution in [3.63, 3.8) is 0 Å². The molecule has 4 fully saturated rings. The molecule has 8 aromatic rings. The predicted molar refractivity (Wildman–Crippen MR) is 560 cm³/mol. The molecule has 135 heavy (non-hydrogen) atoms. The lowest BCUT2D eigenvalue weighted by Gasteiger charge is -2.26. The molecule has 0 bridgehead atoms. The lowest BCUT2D eigenvalue weighted by Crippen LogP contribution is -2.46. The second kappa shape index (κ2) is 62.8. The van der Waals surface area contributed by atoms with Crippen molar-refractivity contribution >= 4 is 215 Å². The summed E-state index contributed by atoms with van der Waals surface area (Å²) in [6, 6.07) is 35.7. The van der Waals surface area contributed by atoms with Crippen LogP contribution in [0.2, 0.25) is 60.3 Å². The number of likely N-dealkylation sites (N-methyl/N-ethyl adjacent to an activating group) is 4. The van der Waals surface area contributed by atoms with Crippen molar-refractivity contribution in [2.75, 3.05) is 252 Å². The van der Waals surface area contributed by atoms with Crippen LogP contribution in [-0.2, 0) is 43.0 Å². The minimum absolute atomic E-state index is 0.0109. The van der Waals surface area contributed by atoms with Crippen molar-refractivity contribution < 1.29 is 52.5 Å². The summed E-state index contributed by atoms with van der Waals surface area (Å²) in [6.07, 6.45) is 0. The SMILES string of the molecule is Cc1c(Cl)cc(NC(=O)CN(C)C)cc1Cl.Cc1c(Cl)cc(NC(=O)CN2CCNCC2)cc1Cl.Cc1c(Cl)cc(NC(=O)CN2CCOCC2)cc1Cl.Cc1c(Cl)cc(OC(=O)CN(C)C)cc1Cl.Cc1ccc(NC(=O)CN(C)C)cc1Cl.Cc1ccc(NC(=O)CN2CCNCC2)cc1Cl.Cc1ccc(NC(=O)CN2CCOCC2)cc1Cl.Cc1ccc(OCCN(C)C)cc1Cl. The average molecular weight is 2110 g/mol. The molecule has 0 spiro atoms. The summed E-state index contributed by atoms with van der Waals surface area (Å²) >= 11 is 71.8. The Morgan fingerprint density at radius 1 is 0.304 bits per heavy atom. The number of nitrogens with one attached hydrogen (secondary N) is 8. The number of ether oxygens (including phenoxy) is 4. The van der Waals surface area contributed by atoms with Crippen LogP contribution in [0, 0.1) is 55.4 Å². The van der Waals surface area contributed by atoms with Gasteiger partial charge in [-0.15, -0.1) is 0 Å². The van der Waals surface area contributed by atoms with Crippen LogP contribution in [0.1, 0.15) is 44.5 Å². The van der Waals surface area contributed by atoms with E-state index in [0.717, 1.165) is 157 Å². The van der Waals surface area contributed by atoms with Crippen molar-refractivity contribution in [3.8, 4) is 11.5 Å². The van der Waals surface area contributed by atoms with Crippen LogP contribution in [0.3, 0.4) is 0 Å². The first-order chi connectivity index (χ1) is 63.8. The van der Waals surface area contributed by atoms with E-state index in [0.29, 0.717) is 150 Å². The van der Waals surface area contributed by atoms with E-state index in [1.54, 1.807) is 97.5 Å². The maximum absolute atomic E-state index is 11.9. The quantitative estimate of drug-likeness (QED) is 0.0195. The zero-order valence-corrected chi connectivity index (χ0v) is 88.4. The number of nitrogens with zero attached hydrogens (tertiary/aromatic N) is 8. The molecule has 6 amide bonds. The van der Waals surface area contributed by atoms with Gasteiger partial charge in [0, 0.05) is 179 Å². The molecule has 0 radical (unpaired) electrons. The first-order valence-electron chi connectivity index (χ1n) is 43.3. The minimum atomic E-state index is -0.346. The smallest absolute Gasteiger partial charge is 0.325 e. The highest BCUT2D eigenvalue weighted by molar-refractivity contribution is 6.39. The average Bonchev–Trinajstić information content (AvgIpc) is 0.869. The van der Waals surface area contributed by atoms with Gasteiger partial charge in [-0.1, -0.05) is 163 Å². The van der Waals surface area contributed by atoms with E-state index in [2.05, 4.69) is 67.0 Å². The molecular formula is C96H126Cl12N16O11. The number of amides is 6. The number of rotatable bonds is 25. The van der Waals surface area contributed by atoms with Crippen LogP contribution in [0.5, 0.6) is 11.5 Å². The molecule has 0 saturated carbocycles. The molecule has 27 nitrogen and oxygen atoms in total. The molecule has 4 saturated heterocycles. The van der Waals surface area contributed by atoms with E-state index in [9.17, 15) is 33.6 Å². The number of aryl methyl sites for hydroxylation is 4. The van der Waals surface area contributed by atoms with Crippen molar-refractivity contribution in [1.82, 2.24) is 49.8 Å². The minimum Gasteiger partial charge on any atom is -0.492 e. The van der Waals surface area contributed by atoms with E-state index in [1.165, 1.54) is 0 Å². The van der Waals surface area contributed by atoms with Crippen LogP contribution < -0.4 is 52.0 Å². The Hall–Kier alpha value is -7.15. The monoisotopic (exact) mass is 2100 g/mol. The summed E-state index contributed by atoms with van der Waals surface area (Å²) < 4.78 is 21.1. The first-order valence-corrected chi connectivity index (χ1v) is 47.9. The molecular weight excluding hydrogens is 1980 g/mol. The largest absolute Gasteiger partial charge is 0.492 e. The van der Waals surface area contributed by atoms with Crippen LogP contribution >= 0.6 is 139 Å². The van der Waals surface area contributed by atoms with Crippen molar-refractivity contribution in [2.24, 2.45) is 0 Å². The van der Waals surface area contributed by atoms with Crippen LogP contribution in [0.15, 0.2) is 121 Å². The summed E-state index contributed by atoms with van der Waals surface area (Å²) in [6.45, 7) is 32.5. The Bertz CT molecular complexity index is 4820. The number of hydrogen-bond acceptors (Lipinski definition) is 21. The number of piperazine rings is 2. The van der Waals surface area contributed by atoms with Gasteiger partial charge in [-0.2, -0.15) is 0 Å². The molecule has 4 aliphatic heterocycles. The summed E-state index contributed by atoms with van der Waals surface area (Å²) in [7, 11) is 15.0. The van der Waals surface area contributed by atoms with E-state index in [4.69, 9.17) is 158 Å². The molecule has 0 unspecified atom stereocenters. The Labute approximate surface area is 855 Å². The molecule has 740 valence electrons. The van der Waals surface area contributed by atoms with Gasteiger partial charge in [-0.25, -0.2) is 0 Å². The Morgan fingerprint density at radius 3 is 0.830 bits per heavy atom. The van der Waals surface area contributed by atoms with Crippen LogP contribution in [0.4, 0.5) is 34.1 Å². The maximum atomic E-state index is 11.9. The fraction of sp³-hybridized carbons (Fsp3) is 0.427. The number of carbonyl (C=O) groups is 7. The van der Waals surface area contributed by atoms with Gasteiger partial charge in [-0.05, 0) is 253 Å². The molecule has 12 rings (SSSR count). The van der Waals surface area contributed by atoms with E-state index in [1.807, 2.05) is 150 Å². The highest BCUT2D eigenvalue weighted by Gasteiger charge is 2.21. The van der Waals surface area contributed by atoms with Crippen LogP contribution in [0.25, 0.3) is 0 Å². The molecule has 0 aromatic heterocycles. The fourth-order valence-corrected chi connectivity index (χ4v) is 14.8. The summed E-state index contributed by atoms with van der Waals surface area (Å²) in [5, 5.41) is 30.4. The Morgan fingerprint density at radius 2 is 0.548 bits per heavy atom. The summed E-state index contributed by atoms with van der Waals surface area (Å²) in [4.78, 5) is 97.6. The first kappa shape index (κ1) is 118. The normalized spacial score (nSPS) is 13.8. The lowest BCUT2D eigenvalue weighted by molar-refractivity contribution is -0.135. The summed E-state index contributed by atoms with van der Waals surface area (Å²) in [5.74, 6) is 0.598. The highest BCUT2D eigenvalue weighted by atomic mass is 35.5. The van der Waals surface area contributed by atoms with Gasteiger partial charge in [0.05, 0.1) is 72.2 Å². The molecule has 0 aliphatic carbocycles. The van der Waals surface area contributed by atoms with E-state index >= 15 is 0 Å². The third kappa shape index (κ3) is 48.1. The molecule has 39 heteroatoms. The van der Waals surface area contributed by atoms with Gasteiger partial charge >= 0.3 is 5.97 Å². The lowest BCUT2D eigenvalue weighted by atomic mass is 10.2. The van der Waals surface area contributed by atoms with Gasteiger partial charge < -0.3 is 76.2 Å². The van der Waals surface area contributed by atoms with Gasteiger partial charge in [0.15, 0.2) is 0 Å². The topological polar surface area (TPSA) is 279 Å². The number of anilines is 6. The van der Waals surface area contributed by atoms with Gasteiger partial charge in [0.1, 0.15) is 18.1 Å². The third-order valence-electron chi connectivity index (χ3n) is 20.0. The van der Waals surface area contributed by atoms with Crippen molar-refractivity contribution in [1.29, 1.82) is 0 Å². The van der Waals surface area contributed by atoms with E-state index in [-0.39, 0.29) is 48.0 Å². The molecule has 8 aromatic carbocycles. The van der Waals surface area contributed by atoms with Crippen molar-refractivity contribution in [3.05, 3.63) is 226 Å². The standard InChI is InChI=1S/C13H17Cl2N3O.C13H16Cl2N2O2.C13H18ClN3O.C13H17ClN2O2.C11H14Cl2N2O.C11H13Cl2NO2.C11H15ClN2O.C11H16ClNO/c1-9-11(14)6-10(7-12(9)15)17-13(19)8-18-4-2-16-3-5-18;1-9-11(14)6-10(7-12(9)15)16-13(18)8-17-2-4-19-5-3-17;1-10-2-3-11(8-12(10)14)16-13(18)9-17-6-4-15-5-7-17;1-10-2-3-11(8-12(10)14)15-13(17)9-16-4-6-18-7-5-16;1-7-9(12)4-8(5-10(7)13)14-11(16)6-15(2)3;1-7-9(12)4-8(5-10(7)13)16-11(15)6-14(2)3;1-8-4-5-9(6-10(8)12)13-11(15)7-14(2)3;1-9-4-5-10(8-11(9)12)14-7-6-13(2)3/h6-7,16H,2-5,8H2,1H3,(H,17,19);6-7H,2-5,8H2,1H3,(H,16,18);2-3,8,15H,4-7,9H2,1H3,(H,16,18);2-3,8H,4-7,9H2,1H3,(H,15,17);4-5H,6H2,1-3H3,(H,14,16);4-5H,6H2,1-3H3;4-6H,7H2,1-3H3,(H,13,15);4-5,8H,6-7H2,1-3H3. The van der Waals surface area contributed by atoms with E-state index < -0.39 is 0 Å². The second-order valence-electron chi connectivity index (χ2n) is 33.0. The number of benzene rings is 8. The second-order valence-corrected chi connectivity index (χ2v) is 37.9.